The Kier molecular flexibility index (Phi) is 5.52. The Hall–Kier alpha value is -3.27. The lowest BCUT2D eigenvalue weighted by molar-refractivity contribution is -0.119. The average Bonchev–Trinajstić information content (AvgIpc) is 3.11. The first-order chi connectivity index (χ1) is 14.1. The summed E-state index contributed by atoms with van der Waals surface area (Å²) in [5.74, 6) is 7.33. The Balaban J connectivity index is 1.28. The van der Waals surface area contributed by atoms with Gasteiger partial charge in [-0.05, 0) is 36.4 Å². The number of nitrogens with two attached hydrogens (primary N) is 1. The third kappa shape index (κ3) is 4.43. The van der Waals surface area contributed by atoms with E-state index in [9.17, 15) is 9.18 Å². The van der Waals surface area contributed by atoms with Crippen molar-refractivity contribution >= 4 is 17.7 Å². The Morgan fingerprint density at radius 2 is 1.97 bits per heavy atom. The van der Waals surface area contributed by atoms with E-state index >= 15 is 0 Å². The Morgan fingerprint density at radius 3 is 2.76 bits per heavy atom. The van der Waals surface area contributed by atoms with Gasteiger partial charge in [-0.2, -0.15) is 0 Å². The smallest absolute Gasteiger partial charge is 0.230 e. The first kappa shape index (κ1) is 19.1. The fraction of sp³-hybridized carbons (Fsp3) is 0.211. The molecule has 1 aromatic heterocycles. The van der Waals surface area contributed by atoms with Crippen molar-refractivity contribution in [3.8, 4) is 22.9 Å². The largest absolute Gasteiger partial charge is 0.486 e. The van der Waals surface area contributed by atoms with Crippen LogP contribution in [0.2, 0.25) is 0 Å². The van der Waals surface area contributed by atoms with Crippen LogP contribution in [0.3, 0.4) is 0 Å². The van der Waals surface area contributed by atoms with E-state index < -0.39 is 0 Å². The zero-order chi connectivity index (χ0) is 20.2. The van der Waals surface area contributed by atoms with Crippen LogP contribution < -0.4 is 20.6 Å². The maximum Gasteiger partial charge on any atom is 0.230 e. The van der Waals surface area contributed by atoms with Crippen LogP contribution >= 0.6 is 11.8 Å². The number of rotatable bonds is 6. The molecule has 0 saturated heterocycles. The second kappa shape index (κ2) is 8.39. The number of hydrogen-bond acceptors (Lipinski definition) is 7. The summed E-state index contributed by atoms with van der Waals surface area (Å²) < 4.78 is 25.8. The third-order valence-electron chi connectivity index (χ3n) is 4.19. The highest BCUT2D eigenvalue weighted by Gasteiger charge is 2.21. The zero-order valence-corrected chi connectivity index (χ0v) is 16.1. The van der Waals surface area contributed by atoms with Crippen molar-refractivity contribution in [2.45, 2.75) is 11.3 Å². The summed E-state index contributed by atoms with van der Waals surface area (Å²) in [6.45, 7) is 0.687. The normalized spacial score (nSPS) is 15.1. The van der Waals surface area contributed by atoms with Gasteiger partial charge in [-0.3, -0.25) is 4.79 Å². The molecule has 2 aromatic carbocycles. The number of para-hydroxylation sites is 2. The quantitative estimate of drug-likeness (QED) is 0.468. The summed E-state index contributed by atoms with van der Waals surface area (Å²) in [6, 6.07) is 13.2. The van der Waals surface area contributed by atoms with Gasteiger partial charge in [0.05, 0.1) is 12.3 Å². The van der Waals surface area contributed by atoms with Crippen molar-refractivity contribution in [3.63, 3.8) is 0 Å². The van der Waals surface area contributed by atoms with E-state index in [1.807, 2.05) is 24.3 Å². The predicted octanol–water partition coefficient (Wildman–Crippen LogP) is 1.85. The van der Waals surface area contributed by atoms with Gasteiger partial charge in [0.2, 0.25) is 11.1 Å². The van der Waals surface area contributed by atoms with Crippen molar-refractivity contribution in [1.82, 2.24) is 20.2 Å². The number of benzene rings is 2. The van der Waals surface area contributed by atoms with E-state index in [0.717, 1.165) is 11.8 Å². The molecule has 0 radical (unpaired) electrons. The molecule has 0 saturated carbocycles. The Morgan fingerprint density at radius 1 is 1.21 bits per heavy atom. The van der Waals surface area contributed by atoms with Crippen LogP contribution in [0.25, 0.3) is 11.4 Å². The molecule has 29 heavy (non-hydrogen) atoms. The molecular formula is C19H18FN5O3S. The number of halogens is 1. The molecule has 0 unspecified atom stereocenters. The fourth-order valence-corrected chi connectivity index (χ4v) is 3.43. The van der Waals surface area contributed by atoms with E-state index in [0.29, 0.717) is 41.2 Å². The van der Waals surface area contributed by atoms with E-state index in [4.69, 9.17) is 15.3 Å². The second-order valence-electron chi connectivity index (χ2n) is 6.27. The Bertz CT molecular complexity index is 1010. The highest BCUT2D eigenvalue weighted by molar-refractivity contribution is 7.99. The van der Waals surface area contributed by atoms with Crippen LogP contribution in [0.15, 0.2) is 53.7 Å². The van der Waals surface area contributed by atoms with E-state index in [2.05, 4.69) is 15.5 Å². The number of carbonyl (C=O) groups is 1. The number of amides is 1. The number of ether oxygens (including phenoxy) is 2. The van der Waals surface area contributed by atoms with Gasteiger partial charge in [0.1, 0.15) is 18.5 Å². The van der Waals surface area contributed by atoms with Gasteiger partial charge >= 0.3 is 0 Å². The number of carbonyl (C=O) groups excluding carboxylic acids is 1. The van der Waals surface area contributed by atoms with Crippen molar-refractivity contribution in [2.75, 3.05) is 24.7 Å². The first-order valence-corrected chi connectivity index (χ1v) is 9.83. The molecule has 8 nitrogen and oxygen atoms in total. The SMILES string of the molecule is Nn1c(SCC(=O)NC[C@@H]2COc3ccccc3O2)nnc1-c1ccc(F)cc1. The van der Waals surface area contributed by atoms with Crippen molar-refractivity contribution < 1.29 is 18.7 Å². The van der Waals surface area contributed by atoms with Gasteiger partial charge in [0, 0.05) is 5.56 Å². The summed E-state index contributed by atoms with van der Waals surface area (Å²) in [4.78, 5) is 12.2. The lowest BCUT2D eigenvalue weighted by Crippen LogP contribution is -2.41. The molecule has 0 bridgehead atoms. The molecule has 2 heterocycles. The maximum absolute atomic E-state index is 13.1. The minimum Gasteiger partial charge on any atom is -0.486 e. The maximum atomic E-state index is 13.1. The van der Waals surface area contributed by atoms with Crippen LogP contribution in [-0.4, -0.2) is 45.8 Å². The first-order valence-electron chi connectivity index (χ1n) is 8.84. The molecule has 3 aromatic rings. The predicted molar refractivity (Wildman–Crippen MR) is 106 cm³/mol. The molecule has 0 fully saturated rings. The topological polar surface area (TPSA) is 104 Å². The van der Waals surface area contributed by atoms with Gasteiger partial charge in [0.15, 0.2) is 17.3 Å². The highest BCUT2D eigenvalue weighted by atomic mass is 32.2. The van der Waals surface area contributed by atoms with E-state index in [1.54, 1.807) is 12.1 Å². The molecule has 0 spiro atoms. The van der Waals surface area contributed by atoms with Crippen LogP contribution in [0.1, 0.15) is 0 Å². The third-order valence-corrected chi connectivity index (χ3v) is 5.14. The molecule has 1 aliphatic rings. The molecule has 3 N–H and O–H groups in total. The lowest BCUT2D eigenvalue weighted by Gasteiger charge is -2.26. The molecule has 1 amide bonds. The number of aromatic nitrogens is 3. The summed E-state index contributed by atoms with van der Waals surface area (Å²) in [5.41, 5.74) is 0.632. The second-order valence-corrected chi connectivity index (χ2v) is 7.22. The van der Waals surface area contributed by atoms with Crippen LogP contribution in [0, 0.1) is 5.82 Å². The molecular weight excluding hydrogens is 397 g/mol. The monoisotopic (exact) mass is 415 g/mol. The number of nitrogens with zero attached hydrogens (tertiary/aromatic N) is 3. The number of fused-ring (bicyclic) bond motifs is 1. The number of nitrogens with one attached hydrogen (secondary N) is 1. The summed E-state index contributed by atoms with van der Waals surface area (Å²) >= 11 is 1.16. The Labute approximate surface area is 170 Å². The highest BCUT2D eigenvalue weighted by Crippen LogP contribution is 2.30. The zero-order valence-electron chi connectivity index (χ0n) is 15.2. The minimum atomic E-state index is -0.348. The van der Waals surface area contributed by atoms with E-state index in [1.165, 1.54) is 16.8 Å². The van der Waals surface area contributed by atoms with Crippen LogP contribution in [0.4, 0.5) is 4.39 Å². The van der Waals surface area contributed by atoms with Gasteiger partial charge in [-0.15, -0.1) is 10.2 Å². The standard InChI is InChI=1S/C19H18FN5O3S/c20-13-7-5-12(6-8-13)18-23-24-19(25(18)21)29-11-17(26)22-9-14-10-27-15-3-1-2-4-16(15)28-14/h1-8,14H,9-11,21H2,(H,22,26)/t14-/m1/s1. The van der Waals surface area contributed by atoms with Crippen molar-refractivity contribution in [2.24, 2.45) is 0 Å². The van der Waals surface area contributed by atoms with Gasteiger partial charge in [-0.25, -0.2) is 9.07 Å². The number of nitrogen functional groups attached to an aromatic ring is 1. The van der Waals surface area contributed by atoms with E-state index in [-0.39, 0.29) is 23.6 Å². The summed E-state index contributed by atoms with van der Waals surface area (Å²) in [7, 11) is 0. The van der Waals surface area contributed by atoms with Gasteiger partial charge in [-0.1, -0.05) is 23.9 Å². The molecule has 1 aliphatic heterocycles. The van der Waals surface area contributed by atoms with Crippen LogP contribution in [-0.2, 0) is 4.79 Å². The number of thioether (sulfide) groups is 1. The summed E-state index contributed by atoms with van der Waals surface area (Å²) in [5, 5.41) is 11.2. The average molecular weight is 415 g/mol. The lowest BCUT2D eigenvalue weighted by atomic mass is 10.2. The molecule has 0 aliphatic carbocycles. The van der Waals surface area contributed by atoms with Crippen molar-refractivity contribution in [1.29, 1.82) is 0 Å². The number of hydrogen-bond donors (Lipinski definition) is 2. The van der Waals surface area contributed by atoms with Crippen molar-refractivity contribution in [3.05, 3.63) is 54.3 Å². The molecule has 10 heteroatoms. The summed E-state index contributed by atoms with van der Waals surface area (Å²) in [6.07, 6.45) is -0.262. The van der Waals surface area contributed by atoms with Gasteiger partial charge in [0.25, 0.3) is 0 Å². The fourth-order valence-electron chi connectivity index (χ4n) is 2.74. The molecule has 1 atom stereocenters. The molecule has 150 valence electrons. The van der Waals surface area contributed by atoms with Gasteiger partial charge < -0.3 is 20.6 Å². The minimum absolute atomic E-state index is 0.114. The molecule has 4 rings (SSSR count). The van der Waals surface area contributed by atoms with Crippen LogP contribution in [0.5, 0.6) is 11.5 Å².